The van der Waals surface area contributed by atoms with Crippen molar-refractivity contribution < 1.29 is 19.8 Å². The van der Waals surface area contributed by atoms with E-state index in [4.69, 9.17) is 29.2 Å². The first-order valence-electron chi connectivity index (χ1n) is 13.0. The zero-order valence-electron chi connectivity index (χ0n) is 22.3. The van der Waals surface area contributed by atoms with Gasteiger partial charge in [-0.3, -0.25) is 24.1 Å². The number of rotatable bonds is 10. The second kappa shape index (κ2) is 12.6. The Bertz CT molecular complexity index is 1580. The molecule has 1 saturated heterocycles. The van der Waals surface area contributed by atoms with E-state index in [1.165, 1.54) is 32.6 Å². The summed E-state index contributed by atoms with van der Waals surface area (Å²) < 4.78 is 8.03. The lowest BCUT2D eigenvalue weighted by molar-refractivity contribution is -0.918. The number of nitrogens with one attached hydrogen (secondary N) is 3. The SMILES string of the molecule is C=CCn1c([O-])c(C(c2ccc(OC)c(C[NH+]3CCCCC3)c2)c2c(O)n(CC=C)c(=S)[nH]c2=O)c(=O)[nH]c1=S. The largest absolute Gasteiger partial charge is 0.860 e. The number of hydrogen-bond acceptors (Lipinski definition) is 7. The topological polar surface area (TPSA) is 133 Å². The molecule has 1 unspecified atom stereocenters. The van der Waals surface area contributed by atoms with E-state index < -0.39 is 28.8 Å². The van der Waals surface area contributed by atoms with Gasteiger partial charge >= 0.3 is 0 Å². The number of benzene rings is 1. The van der Waals surface area contributed by atoms with Crippen LogP contribution >= 0.6 is 24.4 Å². The minimum absolute atomic E-state index is 0.0205. The molecular formula is C28H33N5O5S2. The number of methoxy groups -OCH3 is 1. The molecule has 40 heavy (non-hydrogen) atoms. The van der Waals surface area contributed by atoms with E-state index in [1.807, 2.05) is 6.07 Å². The first-order chi connectivity index (χ1) is 19.2. The number of piperidine rings is 1. The highest BCUT2D eigenvalue weighted by atomic mass is 32.1. The smallest absolute Gasteiger partial charge is 0.259 e. The van der Waals surface area contributed by atoms with Crippen molar-refractivity contribution in [1.82, 2.24) is 19.1 Å². The fourth-order valence-electron chi connectivity index (χ4n) is 5.34. The summed E-state index contributed by atoms with van der Waals surface area (Å²) in [7, 11) is 1.58. The first kappa shape index (κ1) is 29.2. The Morgan fingerprint density at radius 1 is 1.05 bits per heavy atom. The number of H-pyrrole nitrogens is 2. The van der Waals surface area contributed by atoms with Gasteiger partial charge in [0.1, 0.15) is 12.3 Å². The zero-order chi connectivity index (χ0) is 29.0. The van der Waals surface area contributed by atoms with Crippen molar-refractivity contribution in [3.63, 3.8) is 0 Å². The molecule has 4 rings (SSSR count). The molecule has 1 aliphatic heterocycles. The van der Waals surface area contributed by atoms with E-state index in [1.54, 1.807) is 19.2 Å². The Morgan fingerprint density at radius 2 is 1.65 bits per heavy atom. The zero-order valence-corrected chi connectivity index (χ0v) is 24.0. The lowest BCUT2D eigenvalue weighted by Crippen LogP contribution is -3.11. The minimum atomic E-state index is -1.25. The Morgan fingerprint density at radius 3 is 2.27 bits per heavy atom. The third-order valence-electron chi connectivity index (χ3n) is 7.23. The van der Waals surface area contributed by atoms with Crippen LogP contribution in [0.25, 0.3) is 0 Å². The first-order valence-corrected chi connectivity index (χ1v) is 13.9. The molecule has 12 heteroatoms. The third kappa shape index (κ3) is 5.74. The Hall–Kier alpha value is -3.74. The maximum absolute atomic E-state index is 13.8. The van der Waals surface area contributed by atoms with Gasteiger partial charge in [0.05, 0.1) is 31.7 Å². The number of ether oxygens (including phenoxy) is 1. The molecule has 212 valence electrons. The summed E-state index contributed by atoms with van der Waals surface area (Å²) in [5, 5.41) is 25.1. The molecule has 2 aromatic heterocycles. The molecule has 3 aromatic rings. The van der Waals surface area contributed by atoms with Crippen LogP contribution in [0, 0.1) is 9.54 Å². The van der Waals surface area contributed by atoms with Gasteiger partial charge in [-0.05, 0) is 67.3 Å². The molecule has 0 amide bonds. The van der Waals surface area contributed by atoms with Gasteiger partial charge in [-0.25, -0.2) is 0 Å². The average molecular weight is 584 g/mol. The average Bonchev–Trinajstić information content (AvgIpc) is 2.93. The number of hydrogen-bond donors (Lipinski definition) is 4. The van der Waals surface area contributed by atoms with Crippen molar-refractivity contribution >= 4 is 24.4 Å². The lowest BCUT2D eigenvalue weighted by Gasteiger charge is -2.28. The summed E-state index contributed by atoms with van der Waals surface area (Å²) in [6.45, 7) is 10.2. The number of nitrogens with zero attached hydrogens (tertiary/aromatic N) is 2. The molecule has 0 spiro atoms. The summed E-state index contributed by atoms with van der Waals surface area (Å²) in [4.78, 5) is 33.3. The minimum Gasteiger partial charge on any atom is -0.860 e. The van der Waals surface area contributed by atoms with Crippen molar-refractivity contribution in [2.45, 2.75) is 44.8 Å². The Balaban J connectivity index is 2.05. The highest BCUT2D eigenvalue weighted by Gasteiger charge is 2.30. The monoisotopic (exact) mass is 583 g/mol. The summed E-state index contributed by atoms with van der Waals surface area (Å²) >= 11 is 10.5. The predicted octanol–water partition coefficient (Wildman–Crippen LogP) is 2.03. The molecule has 0 saturated carbocycles. The van der Waals surface area contributed by atoms with Gasteiger partial charge in [-0.2, -0.15) is 0 Å². The van der Waals surface area contributed by atoms with Crippen LogP contribution in [0.15, 0.2) is 53.1 Å². The van der Waals surface area contributed by atoms with Crippen LogP contribution in [-0.2, 0) is 19.6 Å². The molecule has 10 nitrogen and oxygen atoms in total. The van der Waals surface area contributed by atoms with Crippen molar-refractivity contribution in [1.29, 1.82) is 0 Å². The number of allylic oxidation sites excluding steroid dienone is 2. The van der Waals surface area contributed by atoms with E-state index in [2.05, 4.69) is 23.1 Å². The summed E-state index contributed by atoms with van der Waals surface area (Å²) in [5.74, 6) is -1.75. The quantitative estimate of drug-likeness (QED) is 0.212. The molecule has 1 aliphatic rings. The number of quaternary nitrogens is 1. The number of aromatic hydroxyl groups is 1. The van der Waals surface area contributed by atoms with E-state index in [9.17, 15) is 19.8 Å². The number of likely N-dealkylation sites (tertiary alicyclic amines) is 1. The Labute approximate surface area is 241 Å². The standard InChI is InChI=1S/C28H33N5O5S2/c1-4-11-32-25(36)21(23(34)29-27(32)39)20(22-24(35)30-28(40)33(12-5-2)26(22)37)17-9-10-19(38-3)18(15-17)16-31-13-7-6-8-14-31/h4-5,9-10,15,20,36-37H,1-2,6-8,11-14,16H2,3H3,(H,29,34,39)(H,30,35,40). The second-order valence-corrected chi connectivity index (χ2v) is 10.5. The summed E-state index contributed by atoms with van der Waals surface area (Å²) in [6, 6.07) is 5.28. The van der Waals surface area contributed by atoms with E-state index in [-0.39, 0.29) is 33.8 Å². The Kier molecular flexibility index (Phi) is 9.23. The fourth-order valence-corrected chi connectivity index (χ4v) is 5.85. The van der Waals surface area contributed by atoms with Gasteiger partial charge in [-0.15, -0.1) is 13.2 Å². The fraction of sp³-hybridized carbons (Fsp3) is 0.357. The molecule has 1 aromatic carbocycles. The third-order valence-corrected chi connectivity index (χ3v) is 7.88. The van der Waals surface area contributed by atoms with Crippen LogP contribution in [0.5, 0.6) is 17.5 Å². The van der Waals surface area contributed by atoms with Crippen molar-refractivity contribution in [3.8, 4) is 17.5 Å². The van der Waals surface area contributed by atoms with Crippen molar-refractivity contribution in [2.24, 2.45) is 0 Å². The normalized spacial score (nSPS) is 14.5. The van der Waals surface area contributed by atoms with Crippen LogP contribution in [0.2, 0.25) is 0 Å². The van der Waals surface area contributed by atoms with E-state index >= 15 is 0 Å². The number of aromatic nitrogens is 4. The van der Waals surface area contributed by atoms with E-state index in [0.717, 1.165) is 31.5 Å². The van der Waals surface area contributed by atoms with E-state index in [0.29, 0.717) is 17.9 Å². The molecule has 0 bridgehead atoms. The van der Waals surface area contributed by atoms with Gasteiger partial charge in [-0.1, -0.05) is 18.2 Å². The maximum atomic E-state index is 13.8. The van der Waals surface area contributed by atoms with Gasteiger partial charge in [0.15, 0.2) is 9.54 Å². The molecule has 0 radical (unpaired) electrons. The molecule has 0 aliphatic carbocycles. The lowest BCUT2D eigenvalue weighted by atomic mass is 9.85. The molecular weight excluding hydrogens is 550 g/mol. The van der Waals surface area contributed by atoms with Crippen LogP contribution in [-0.4, -0.2) is 44.4 Å². The van der Waals surface area contributed by atoms with Gasteiger partial charge in [0, 0.05) is 24.2 Å². The van der Waals surface area contributed by atoms with Gasteiger partial charge in [0.25, 0.3) is 11.1 Å². The molecule has 1 atom stereocenters. The summed E-state index contributed by atoms with van der Waals surface area (Å²) in [6.07, 6.45) is 6.45. The van der Waals surface area contributed by atoms with Crippen LogP contribution in [0.3, 0.4) is 0 Å². The highest BCUT2D eigenvalue weighted by Crippen LogP contribution is 2.37. The molecule has 3 heterocycles. The van der Waals surface area contributed by atoms with Crippen LogP contribution < -0.4 is 25.9 Å². The predicted molar refractivity (Wildman–Crippen MR) is 155 cm³/mol. The molecule has 4 N–H and O–H groups in total. The summed E-state index contributed by atoms with van der Waals surface area (Å²) in [5.41, 5.74) is -0.611. The van der Waals surface area contributed by atoms with Crippen molar-refractivity contribution in [2.75, 3.05) is 20.2 Å². The van der Waals surface area contributed by atoms with Gasteiger partial charge < -0.3 is 24.4 Å². The van der Waals surface area contributed by atoms with Gasteiger partial charge in [0.2, 0.25) is 5.88 Å². The second-order valence-electron chi connectivity index (χ2n) is 9.76. The molecule has 1 fully saturated rings. The maximum Gasteiger partial charge on any atom is 0.259 e. The van der Waals surface area contributed by atoms with Crippen molar-refractivity contribution in [3.05, 3.63) is 96.0 Å². The van der Waals surface area contributed by atoms with Crippen LogP contribution in [0.1, 0.15) is 47.4 Å². The number of aromatic amines is 2. The van der Waals surface area contributed by atoms with Crippen LogP contribution in [0.4, 0.5) is 0 Å². The highest BCUT2D eigenvalue weighted by molar-refractivity contribution is 7.71.